The Morgan fingerprint density at radius 2 is 1.52 bits per heavy atom. The Labute approximate surface area is 161 Å². The molecule has 0 saturated carbocycles. The molecule has 2 aromatic rings. The molecule has 27 heavy (non-hydrogen) atoms. The maximum absolute atomic E-state index is 12.4. The van der Waals surface area contributed by atoms with Crippen molar-refractivity contribution < 1.29 is 19.0 Å². The van der Waals surface area contributed by atoms with Gasteiger partial charge in [-0.3, -0.25) is 4.79 Å². The van der Waals surface area contributed by atoms with E-state index < -0.39 is 0 Å². The minimum absolute atomic E-state index is 0.0615. The van der Waals surface area contributed by atoms with Gasteiger partial charge in [0.15, 0.2) is 5.78 Å². The summed E-state index contributed by atoms with van der Waals surface area (Å²) in [7, 11) is 0. The molecule has 2 aromatic carbocycles. The van der Waals surface area contributed by atoms with Crippen LogP contribution in [0.5, 0.6) is 17.2 Å². The lowest BCUT2D eigenvalue weighted by molar-refractivity contribution is 0.104. The highest BCUT2D eigenvalue weighted by molar-refractivity contribution is 6.06. The molecule has 144 valence electrons. The predicted molar refractivity (Wildman–Crippen MR) is 109 cm³/mol. The maximum atomic E-state index is 12.4. The fourth-order valence-electron chi connectivity index (χ4n) is 2.59. The molecule has 0 aromatic heterocycles. The Morgan fingerprint density at radius 1 is 0.926 bits per heavy atom. The molecule has 0 saturated heterocycles. The zero-order valence-corrected chi connectivity index (χ0v) is 16.6. The third-order valence-corrected chi connectivity index (χ3v) is 3.97. The number of carbonyl (C=O) groups excluding carboxylic acids is 1. The number of ketones is 1. The highest BCUT2D eigenvalue weighted by atomic mass is 16.5. The number of benzene rings is 2. The van der Waals surface area contributed by atoms with Gasteiger partial charge >= 0.3 is 0 Å². The fourth-order valence-corrected chi connectivity index (χ4v) is 2.59. The minimum Gasteiger partial charge on any atom is -0.494 e. The normalized spacial score (nSPS) is 10.8. The van der Waals surface area contributed by atoms with E-state index in [0.717, 1.165) is 34.8 Å². The molecule has 4 nitrogen and oxygen atoms in total. The first-order valence-electron chi connectivity index (χ1n) is 9.44. The Hall–Kier alpha value is -2.75. The lowest BCUT2D eigenvalue weighted by Gasteiger charge is -2.13. The van der Waals surface area contributed by atoms with E-state index in [1.54, 1.807) is 24.3 Å². The monoisotopic (exact) mass is 368 g/mol. The van der Waals surface area contributed by atoms with Crippen molar-refractivity contribution in [3.8, 4) is 17.2 Å². The Morgan fingerprint density at radius 3 is 2.04 bits per heavy atom. The molecule has 0 atom stereocenters. The summed E-state index contributed by atoms with van der Waals surface area (Å²) in [6, 6.07) is 11.1. The van der Waals surface area contributed by atoms with Gasteiger partial charge in [0.2, 0.25) is 0 Å². The molecule has 0 amide bonds. The molecule has 4 heteroatoms. The topological polar surface area (TPSA) is 44.8 Å². The molecule has 0 unspecified atom stereocenters. The van der Waals surface area contributed by atoms with Gasteiger partial charge in [0.25, 0.3) is 0 Å². The van der Waals surface area contributed by atoms with E-state index >= 15 is 0 Å². The third kappa shape index (κ3) is 5.88. The van der Waals surface area contributed by atoms with Crippen molar-refractivity contribution in [2.75, 3.05) is 19.8 Å². The van der Waals surface area contributed by atoms with Crippen LogP contribution in [0, 0.1) is 6.92 Å². The number of ether oxygens (including phenoxy) is 3. The Balaban J connectivity index is 2.17. The second-order valence-corrected chi connectivity index (χ2v) is 6.08. The van der Waals surface area contributed by atoms with Gasteiger partial charge in [0, 0.05) is 11.1 Å². The standard InChI is InChI=1S/C23H28O4/c1-5-14-27-20-11-9-19(10-12-20)21(24)13-8-18-15-22(25-6-2)17(4)23(16-18)26-7-3/h8-13,15-16H,5-7,14H2,1-4H3. The molecule has 0 aliphatic rings. The van der Waals surface area contributed by atoms with Crippen LogP contribution >= 0.6 is 0 Å². The second kappa shape index (κ2) is 10.4. The van der Waals surface area contributed by atoms with Gasteiger partial charge in [0.1, 0.15) is 17.2 Å². The summed E-state index contributed by atoms with van der Waals surface area (Å²) in [5.74, 6) is 2.26. The number of carbonyl (C=O) groups is 1. The van der Waals surface area contributed by atoms with Gasteiger partial charge in [-0.2, -0.15) is 0 Å². The number of rotatable bonds is 10. The summed E-state index contributed by atoms with van der Waals surface area (Å²) in [4.78, 5) is 12.4. The van der Waals surface area contributed by atoms with Crippen LogP contribution in [-0.2, 0) is 0 Å². The van der Waals surface area contributed by atoms with E-state index in [9.17, 15) is 4.79 Å². The predicted octanol–water partition coefficient (Wildman–Crippen LogP) is 5.48. The molecule has 0 aliphatic carbocycles. The molecule has 0 spiro atoms. The summed E-state index contributed by atoms with van der Waals surface area (Å²) in [6.45, 7) is 9.73. The summed E-state index contributed by atoms with van der Waals surface area (Å²) in [6.07, 6.45) is 4.31. The van der Waals surface area contributed by atoms with E-state index in [4.69, 9.17) is 14.2 Å². The second-order valence-electron chi connectivity index (χ2n) is 6.08. The number of hydrogen-bond acceptors (Lipinski definition) is 4. The molecule has 0 bridgehead atoms. The first kappa shape index (κ1) is 20.6. The highest BCUT2D eigenvalue weighted by Gasteiger charge is 2.09. The van der Waals surface area contributed by atoms with E-state index in [1.165, 1.54) is 0 Å². The van der Waals surface area contributed by atoms with E-state index in [-0.39, 0.29) is 5.78 Å². The van der Waals surface area contributed by atoms with Crippen LogP contribution in [0.15, 0.2) is 42.5 Å². The quantitative estimate of drug-likeness (QED) is 0.412. The third-order valence-electron chi connectivity index (χ3n) is 3.97. The van der Waals surface area contributed by atoms with Gasteiger partial charge in [-0.05, 0) is 75.2 Å². The zero-order chi connectivity index (χ0) is 19.6. The highest BCUT2D eigenvalue weighted by Crippen LogP contribution is 2.30. The van der Waals surface area contributed by atoms with E-state index in [0.29, 0.717) is 25.4 Å². The van der Waals surface area contributed by atoms with Crippen molar-refractivity contribution in [1.29, 1.82) is 0 Å². The molecule has 0 fully saturated rings. The van der Waals surface area contributed by atoms with Crippen molar-refractivity contribution >= 4 is 11.9 Å². The van der Waals surface area contributed by atoms with Crippen LogP contribution < -0.4 is 14.2 Å². The molecule has 0 heterocycles. The summed E-state index contributed by atoms with van der Waals surface area (Å²) >= 11 is 0. The first-order chi connectivity index (χ1) is 13.1. The molecule has 0 radical (unpaired) electrons. The van der Waals surface area contributed by atoms with Gasteiger partial charge in [-0.25, -0.2) is 0 Å². The lowest BCUT2D eigenvalue weighted by Crippen LogP contribution is -2.00. The summed E-state index contributed by atoms with van der Waals surface area (Å²) in [5, 5.41) is 0. The number of hydrogen-bond donors (Lipinski definition) is 0. The molecular formula is C23H28O4. The Bertz CT molecular complexity index is 748. The first-order valence-corrected chi connectivity index (χ1v) is 9.44. The summed E-state index contributed by atoms with van der Waals surface area (Å²) in [5.41, 5.74) is 2.45. The smallest absolute Gasteiger partial charge is 0.185 e. The van der Waals surface area contributed by atoms with Crippen molar-refractivity contribution in [2.45, 2.75) is 34.1 Å². The molecular weight excluding hydrogens is 340 g/mol. The van der Waals surface area contributed by atoms with Crippen LogP contribution in [-0.4, -0.2) is 25.6 Å². The van der Waals surface area contributed by atoms with Gasteiger partial charge < -0.3 is 14.2 Å². The van der Waals surface area contributed by atoms with Crippen molar-refractivity contribution in [1.82, 2.24) is 0 Å². The van der Waals surface area contributed by atoms with E-state index in [2.05, 4.69) is 6.92 Å². The van der Waals surface area contributed by atoms with Crippen LogP contribution in [0.3, 0.4) is 0 Å². The van der Waals surface area contributed by atoms with Crippen LogP contribution in [0.4, 0.5) is 0 Å². The molecule has 0 N–H and O–H groups in total. The van der Waals surface area contributed by atoms with Crippen LogP contribution in [0.1, 0.15) is 48.7 Å². The zero-order valence-electron chi connectivity index (χ0n) is 16.6. The SMILES string of the molecule is CCCOc1ccc(C(=O)C=Cc2cc(OCC)c(C)c(OCC)c2)cc1. The largest absolute Gasteiger partial charge is 0.494 e. The van der Waals surface area contributed by atoms with Crippen LogP contribution in [0.25, 0.3) is 6.08 Å². The average Bonchev–Trinajstić information content (AvgIpc) is 2.68. The van der Waals surface area contributed by atoms with Crippen molar-refractivity contribution in [2.24, 2.45) is 0 Å². The molecule has 2 rings (SSSR count). The average molecular weight is 368 g/mol. The minimum atomic E-state index is -0.0615. The Kier molecular flexibility index (Phi) is 7.93. The van der Waals surface area contributed by atoms with Gasteiger partial charge in [-0.15, -0.1) is 0 Å². The summed E-state index contributed by atoms with van der Waals surface area (Å²) < 4.78 is 16.9. The van der Waals surface area contributed by atoms with Crippen LogP contribution in [0.2, 0.25) is 0 Å². The van der Waals surface area contributed by atoms with Crippen molar-refractivity contribution in [3.63, 3.8) is 0 Å². The molecule has 0 aliphatic heterocycles. The van der Waals surface area contributed by atoms with Crippen molar-refractivity contribution in [3.05, 3.63) is 59.2 Å². The number of allylic oxidation sites excluding steroid dienone is 1. The fraction of sp³-hybridized carbons (Fsp3) is 0.348. The van der Waals surface area contributed by atoms with E-state index in [1.807, 2.05) is 45.0 Å². The van der Waals surface area contributed by atoms with Gasteiger partial charge in [0.05, 0.1) is 19.8 Å². The van der Waals surface area contributed by atoms with Gasteiger partial charge in [-0.1, -0.05) is 13.0 Å². The lowest BCUT2D eigenvalue weighted by atomic mass is 10.1. The maximum Gasteiger partial charge on any atom is 0.185 e.